The van der Waals surface area contributed by atoms with E-state index in [0.29, 0.717) is 37.6 Å². The van der Waals surface area contributed by atoms with Crippen LogP contribution in [-0.4, -0.2) is 51.3 Å². The molecule has 2 rings (SSSR count). The Morgan fingerprint density at radius 2 is 2.30 bits per heavy atom. The molecule has 1 aliphatic rings. The lowest BCUT2D eigenvalue weighted by Crippen LogP contribution is -2.44. The predicted octanol–water partition coefficient (Wildman–Crippen LogP) is 0.425. The quantitative estimate of drug-likeness (QED) is 0.828. The Morgan fingerprint density at radius 3 is 2.85 bits per heavy atom. The predicted molar refractivity (Wildman–Crippen MR) is 68.0 cm³/mol. The number of likely N-dealkylation sites (tertiary alicyclic amines) is 1. The number of urea groups is 1. The summed E-state index contributed by atoms with van der Waals surface area (Å²) < 4.78 is 4.83. The van der Waals surface area contributed by atoms with Gasteiger partial charge < -0.3 is 19.8 Å². The van der Waals surface area contributed by atoms with Gasteiger partial charge in [-0.05, 0) is 13.3 Å². The van der Waals surface area contributed by atoms with E-state index in [-0.39, 0.29) is 12.1 Å². The van der Waals surface area contributed by atoms with E-state index in [1.165, 1.54) is 0 Å². The van der Waals surface area contributed by atoms with Gasteiger partial charge in [-0.15, -0.1) is 0 Å². The zero-order valence-corrected chi connectivity index (χ0v) is 11.5. The van der Waals surface area contributed by atoms with Crippen LogP contribution in [0.1, 0.15) is 25.1 Å². The summed E-state index contributed by atoms with van der Waals surface area (Å²) in [6.07, 6.45) is 0.974. The van der Waals surface area contributed by atoms with E-state index < -0.39 is 11.9 Å². The molecule has 1 aliphatic heterocycles. The summed E-state index contributed by atoms with van der Waals surface area (Å²) in [5.74, 6) is -0.305. The molecule has 1 aromatic rings. The maximum Gasteiger partial charge on any atom is 0.317 e. The van der Waals surface area contributed by atoms with Crippen molar-refractivity contribution < 1.29 is 19.2 Å². The van der Waals surface area contributed by atoms with Crippen LogP contribution in [0.3, 0.4) is 0 Å². The minimum atomic E-state index is -0.852. The van der Waals surface area contributed by atoms with Crippen LogP contribution in [0, 0.1) is 12.8 Å². The normalized spacial score (nSPS) is 22.0. The Morgan fingerprint density at radius 1 is 1.55 bits per heavy atom. The van der Waals surface area contributed by atoms with Gasteiger partial charge in [0.25, 0.3) is 0 Å². The van der Waals surface area contributed by atoms with Gasteiger partial charge >= 0.3 is 12.0 Å². The first-order valence-corrected chi connectivity index (χ1v) is 6.55. The molecule has 2 atom stereocenters. The molecule has 8 nitrogen and oxygen atoms in total. The van der Waals surface area contributed by atoms with Crippen molar-refractivity contribution in [3.8, 4) is 0 Å². The average Bonchev–Trinajstić information content (AvgIpc) is 2.95. The molecular formula is C12H18N4O4. The average molecular weight is 282 g/mol. The third-order valence-corrected chi connectivity index (χ3v) is 3.53. The molecule has 0 bridgehead atoms. The second-order valence-corrected chi connectivity index (χ2v) is 4.88. The van der Waals surface area contributed by atoms with Crippen molar-refractivity contribution in [2.45, 2.75) is 32.7 Å². The lowest BCUT2D eigenvalue weighted by atomic mass is 10.0. The van der Waals surface area contributed by atoms with Crippen molar-refractivity contribution >= 4 is 12.0 Å². The SMILES string of the molecule is Cc1nc(CCNC(=O)N2CCC(C(=O)O)C2C)no1. The summed E-state index contributed by atoms with van der Waals surface area (Å²) in [5, 5.41) is 15.5. The van der Waals surface area contributed by atoms with Crippen LogP contribution in [0.15, 0.2) is 4.52 Å². The summed E-state index contributed by atoms with van der Waals surface area (Å²) in [4.78, 5) is 28.6. The van der Waals surface area contributed by atoms with Crippen molar-refractivity contribution in [2.24, 2.45) is 5.92 Å². The monoisotopic (exact) mass is 282 g/mol. The minimum absolute atomic E-state index is 0.249. The van der Waals surface area contributed by atoms with Gasteiger partial charge in [0.2, 0.25) is 5.89 Å². The number of carbonyl (C=O) groups excluding carboxylic acids is 1. The number of rotatable bonds is 4. The molecule has 2 amide bonds. The number of hydrogen-bond donors (Lipinski definition) is 2. The van der Waals surface area contributed by atoms with E-state index in [9.17, 15) is 9.59 Å². The highest BCUT2D eigenvalue weighted by Gasteiger charge is 2.37. The van der Waals surface area contributed by atoms with Crippen LogP contribution < -0.4 is 5.32 Å². The van der Waals surface area contributed by atoms with Crippen molar-refractivity contribution in [2.75, 3.05) is 13.1 Å². The number of aromatic nitrogens is 2. The molecule has 20 heavy (non-hydrogen) atoms. The van der Waals surface area contributed by atoms with Gasteiger partial charge in [-0.1, -0.05) is 5.16 Å². The van der Waals surface area contributed by atoms with Crippen LogP contribution in [0.2, 0.25) is 0 Å². The fourth-order valence-corrected chi connectivity index (χ4v) is 2.38. The fourth-order valence-electron chi connectivity index (χ4n) is 2.38. The summed E-state index contributed by atoms with van der Waals surface area (Å²) in [6.45, 7) is 4.31. The van der Waals surface area contributed by atoms with Gasteiger partial charge in [0.15, 0.2) is 5.82 Å². The summed E-state index contributed by atoms with van der Waals surface area (Å²) in [7, 11) is 0. The van der Waals surface area contributed by atoms with Crippen LogP contribution in [0.25, 0.3) is 0 Å². The number of hydrogen-bond acceptors (Lipinski definition) is 5. The number of aliphatic carboxylic acids is 1. The maximum absolute atomic E-state index is 12.0. The van der Waals surface area contributed by atoms with Gasteiger partial charge in [0.1, 0.15) is 0 Å². The number of carboxylic acid groups (broad SMARTS) is 1. The van der Waals surface area contributed by atoms with Crippen molar-refractivity contribution in [3.63, 3.8) is 0 Å². The summed E-state index contributed by atoms with van der Waals surface area (Å²) in [6, 6.07) is -0.540. The van der Waals surface area contributed by atoms with Crippen molar-refractivity contribution in [1.82, 2.24) is 20.4 Å². The number of carboxylic acids is 1. The number of aryl methyl sites for hydroxylation is 1. The van der Waals surface area contributed by atoms with E-state index in [1.807, 2.05) is 0 Å². The number of nitrogens with zero attached hydrogens (tertiary/aromatic N) is 3. The van der Waals surface area contributed by atoms with Crippen molar-refractivity contribution in [3.05, 3.63) is 11.7 Å². The first-order chi connectivity index (χ1) is 9.49. The Kier molecular flexibility index (Phi) is 4.21. The smallest absolute Gasteiger partial charge is 0.317 e. The molecule has 2 heterocycles. The topological polar surface area (TPSA) is 109 Å². The first-order valence-electron chi connectivity index (χ1n) is 6.55. The van der Waals surface area contributed by atoms with Gasteiger partial charge in [-0.25, -0.2) is 4.79 Å². The van der Waals surface area contributed by atoms with Gasteiger partial charge in [-0.3, -0.25) is 4.79 Å². The number of amides is 2. The Balaban J connectivity index is 1.79. The lowest BCUT2D eigenvalue weighted by Gasteiger charge is -2.23. The third-order valence-electron chi connectivity index (χ3n) is 3.53. The first kappa shape index (κ1) is 14.3. The van der Waals surface area contributed by atoms with Gasteiger partial charge in [0.05, 0.1) is 5.92 Å². The largest absolute Gasteiger partial charge is 0.481 e. The Bertz CT molecular complexity index is 501. The molecule has 0 aromatic carbocycles. The molecular weight excluding hydrogens is 264 g/mol. The van der Waals surface area contributed by atoms with Crippen LogP contribution in [0.5, 0.6) is 0 Å². The highest BCUT2D eigenvalue weighted by Crippen LogP contribution is 2.24. The minimum Gasteiger partial charge on any atom is -0.481 e. The molecule has 110 valence electrons. The van der Waals surface area contributed by atoms with Crippen LogP contribution in [0.4, 0.5) is 4.79 Å². The summed E-state index contributed by atoms with van der Waals surface area (Å²) >= 11 is 0. The van der Waals surface area contributed by atoms with E-state index in [4.69, 9.17) is 9.63 Å². The molecule has 1 fully saturated rings. The second-order valence-electron chi connectivity index (χ2n) is 4.88. The molecule has 1 aromatic heterocycles. The number of nitrogens with one attached hydrogen (secondary N) is 1. The molecule has 0 radical (unpaired) electrons. The fraction of sp³-hybridized carbons (Fsp3) is 0.667. The molecule has 0 saturated carbocycles. The van der Waals surface area contributed by atoms with Crippen LogP contribution in [-0.2, 0) is 11.2 Å². The molecule has 8 heteroatoms. The van der Waals surface area contributed by atoms with E-state index in [1.54, 1.807) is 18.7 Å². The van der Waals surface area contributed by atoms with Gasteiger partial charge in [-0.2, -0.15) is 4.98 Å². The second kappa shape index (κ2) is 5.89. The zero-order chi connectivity index (χ0) is 14.7. The zero-order valence-electron chi connectivity index (χ0n) is 11.5. The lowest BCUT2D eigenvalue weighted by molar-refractivity contribution is -0.142. The Hall–Kier alpha value is -2.12. The van der Waals surface area contributed by atoms with Gasteiger partial charge in [0, 0.05) is 32.5 Å². The van der Waals surface area contributed by atoms with Crippen LogP contribution >= 0.6 is 0 Å². The molecule has 2 N–H and O–H groups in total. The van der Waals surface area contributed by atoms with E-state index >= 15 is 0 Å². The Labute approximate surface area is 116 Å². The van der Waals surface area contributed by atoms with E-state index in [2.05, 4.69) is 15.5 Å². The maximum atomic E-state index is 12.0. The third kappa shape index (κ3) is 3.06. The molecule has 2 unspecified atom stereocenters. The molecule has 1 saturated heterocycles. The highest BCUT2D eigenvalue weighted by atomic mass is 16.5. The van der Waals surface area contributed by atoms with Crippen molar-refractivity contribution in [1.29, 1.82) is 0 Å². The molecule has 0 aliphatic carbocycles. The number of carbonyl (C=O) groups is 2. The molecule has 0 spiro atoms. The van der Waals surface area contributed by atoms with E-state index in [0.717, 1.165) is 0 Å². The summed E-state index contributed by atoms with van der Waals surface area (Å²) in [5.41, 5.74) is 0. The highest BCUT2D eigenvalue weighted by molar-refractivity contribution is 5.78. The standard InChI is InChI=1S/C12H18N4O4/c1-7-9(11(17)18)4-6-16(7)12(19)13-5-3-10-14-8(2)20-15-10/h7,9H,3-6H2,1-2H3,(H,13,19)(H,17,18).